The van der Waals surface area contributed by atoms with Gasteiger partial charge in [0.15, 0.2) is 17.4 Å². The van der Waals surface area contributed by atoms with E-state index in [2.05, 4.69) is 15.6 Å². The number of hydrogen-bond donors (Lipinski definition) is 3. The highest BCUT2D eigenvalue weighted by molar-refractivity contribution is 5.97. The van der Waals surface area contributed by atoms with E-state index >= 15 is 0 Å². The van der Waals surface area contributed by atoms with Crippen molar-refractivity contribution in [2.45, 2.75) is 25.9 Å². The number of nitrogens with one attached hydrogen (secondary N) is 2. The largest absolute Gasteiger partial charge is 0.454 e. The maximum Gasteiger partial charge on any atom is 0.323 e. The third-order valence-corrected chi connectivity index (χ3v) is 5.16. The summed E-state index contributed by atoms with van der Waals surface area (Å²) >= 11 is 0. The zero-order chi connectivity index (χ0) is 21.5. The van der Waals surface area contributed by atoms with Crippen LogP contribution < -0.4 is 15.4 Å². The number of aliphatic hydroxyl groups excluding tert-OH is 1. The smallest absolute Gasteiger partial charge is 0.323 e. The minimum absolute atomic E-state index is 0.129. The van der Waals surface area contributed by atoms with Gasteiger partial charge in [-0.2, -0.15) is 0 Å². The monoisotopic (exact) mass is 418 g/mol. The first-order valence-electron chi connectivity index (χ1n) is 9.42. The van der Waals surface area contributed by atoms with Crippen LogP contribution in [0.4, 0.5) is 25.1 Å². The lowest BCUT2D eigenvalue weighted by atomic mass is 10.1. The number of amides is 3. The van der Waals surface area contributed by atoms with Crippen molar-refractivity contribution in [3.63, 3.8) is 0 Å². The number of ether oxygens (including phenoxy) is 1. The maximum atomic E-state index is 14.4. The van der Waals surface area contributed by atoms with E-state index in [1.54, 1.807) is 6.92 Å². The number of nitrogens with zero attached hydrogens (tertiary/aromatic N) is 2. The maximum absolute atomic E-state index is 14.4. The van der Waals surface area contributed by atoms with Gasteiger partial charge < -0.3 is 20.1 Å². The fourth-order valence-corrected chi connectivity index (χ4v) is 2.87. The van der Waals surface area contributed by atoms with Crippen LogP contribution in [0.2, 0.25) is 0 Å². The molecule has 0 unspecified atom stereocenters. The molecule has 3 amide bonds. The highest BCUT2D eigenvalue weighted by Gasteiger charge is 2.45. The van der Waals surface area contributed by atoms with Crippen molar-refractivity contribution in [1.82, 2.24) is 9.88 Å². The standard InChI is InChI=1S/C20H20F2N4O4/c1-20(3-4-20)18(28)24-15-7-14(22)16(8-13(15)21)30-12-2-5-23-17(6-12)25-19(29)26-9-11(27)10-26/h2,5-8,11,27H,3-4,9-10H2,1H3,(H,24,28)(H,23,25,29). The van der Waals surface area contributed by atoms with Crippen LogP contribution in [-0.2, 0) is 4.79 Å². The van der Waals surface area contributed by atoms with Gasteiger partial charge >= 0.3 is 6.03 Å². The number of aromatic nitrogens is 1. The number of likely N-dealkylation sites (tertiary alicyclic amines) is 1. The summed E-state index contributed by atoms with van der Waals surface area (Å²) in [5.74, 6) is -2.13. The zero-order valence-corrected chi connectivity index (χ0v) is 16.1. The number of rotatable bonds is 5. The van der Waals surface area contributed by atoms with Gasteiger partial charge in [-0.05, 0) is 18.9 Å². The predicted octanol–water partition coefficient (Wildman–Crippen LogP) is 3.10. The van der Waals surface area contributed by atoms with Crippen LogP contribution in [-0.4, -0.2) is 46.1 Å². The number of carbonyl (C=O) groups is 2. The molecule has 0 radical (unpaired) electrons. The highest BCUT2D eigenvalue weighted by Crippen LogP contribution is 2.46. The summed E-state index contributed by atoms with van der Waals surface area (Å²) in [6.07, 6.45) is 2.23. The minimum Gasteiger partial charge on any atom is -0.454 e. The highest BCUT2D eigenvalue weighted by atomic mass is 19.1. The Hall–Kier alpha value is -3.27. The topological polar surface area (TPSA) is 104 Å². The van der Waals surface area contributed by atoms with E-state index in [0.717, 1.165) is 12.1 Å². The van der Waals surface area contributed by atoms with Gasteiger partial charge in [0.2, 0.25) is 5.91 Å². The summed E-state index contributed by atoms with van der Waals surface area (Å²) < 4.78 is 34.2. The molecule has 158 valence electrons. The van der Waals surface area contributed by atoms with Gasteiger partial charge in [0.1, 0.15) is 11.6 Å². The minimum atomic E-state index is -0.857. The summed E-state index contributed by atoms with van der Waals surface area (Å²) in [6, 6.07) is 4.05. The number of carbonyl (C=O) groups excluding carboxylic acids is 2. The average Bonchev–Trinajstić information content (AvgIpc) is 3.42. The van der Waals surface area contributed by atoms with Crippen LogP contribution in [0.1, 0.15) is 19.8 Å². The van der Waals surface area contributed by atoms with Gasteiger partial charge in [0, 0.05) is 29.8 Å². The third-order valence-electron chi connectivity index (χ3n) is 5.16. The van der Waals surface area contributed by atoms with Crippen LogP contribution in [0.15, 0.2) is 30.5 Å². The first kappa shape index (κ1) is 20.0. The van der Waals surface area contributed by atoms with Crippen LogP contribution in [0.5, 0.6) is 11.5 Å². The van der Waals surface area contributed by atoms with Crippen molar-refractivity contribution in [3.05, 3.63) is 42.1 Å². The molecule has 1 aromatic heterocycles. The Kier molecular flexibility index (Phi) is 5.02. The Morgan fingerprint density at radius 1 is 1.20 bits per heavy atom. The first-order valence-corrected chi connectivity index (χ1v) is 9.42. The zero-order valence-electron chi connectivity index (χ0n) is 16.1. The summed E-state index contributed by atoms with van der Waals surface area (Å²) in [7, 11) is 0. The molecular formula is C20H20F2N4O4. The van der Waals surface area contributed by atoms with Crippen molar-refractivity contribution in [2.24, 2.45) is 5.41 Å². The average molecular weight is 418 g/mol. The second-order valence-corrected chi connectivity index (χ2v) is 7.75. The van der Waals surface area contributed by atoms with Crippen molar-refractivity contribution in [2.75, 3.05) is 23.7 Å². The lowest BCUT2D eigenvalue weighted by Crippen LogP contribution is -2.54. The molecule has 1 saturated heterocycles. The van der Waals surface area contributed by atoms with E-state index in [9.17, 15) is 23.5 Å². The van der Waals surface area contributed by atoms with E-state index in [-0.39, 0.29) is 42.0 Å². The normalized spacial score (nSPS) is 17.1. The van der Waals surface area contributed by atoms with Crippen molar-refractivity contribution >= 4 is 23.4 Å². The Bertz CT molecular complexity index is 1010. The molecule has 2 aliphatic rings. The van der Waals surface area contributed by atoms with Crippen LogP contribution in [0.3, 0.4) is 0 Å². The van der Waals surface area contributed by atoms with Gasteiger partial charge in [-0.3, -0.25) is 10.1 Å². The number of benzene rings is 1. The molecule has 1 aliphatic carbocycles. The molecule has 8 nitrogen and oxygen atoms in total. The molecule has 4 rings (SSSR count). The summed E-state index contributed by atoms with van der Waals surface area (Å²) in [4.78, 5) is 29.4. The van der Waals surface area contributed by atoms with Gasteiger partial charge in [-0.15, -0.1) is 0 Å². The van der Waals surface area contributed by atoms with Crippen LogP contribution >= 0.6 is 0 Å². The number of halogens is 2. The van der Waals surface area contributed by atoms with E-state index in [1.165, 1.54) is 23.2 Å². The van der Waals surface area contributed by atoms with Gasteiger partial charge in [0.25, 0.3) is 0 Å². The molecule has 1 aromatic carbocycles. The first-order chi connectivity index (χ1) is 14.2. The quantitative estimate of drug-likeness (QED) is 0.692. The Balaban J connectivity index is 1.44. The number of pyridine rings is 1. The molecule has 2 aromatic rings. The van der Waals surface area contributed by atoms with Gasteiger partial charge in [0.05, 0.1) is 24.9 Å². The Labute approximate surface area is 170 Å². The lowest BCUT2D eigenvalue weighted by Gasteiger charge is -2.35. The number of hydrogen-bond acceptors (Lipinski definition) is 5. The van der Waals surface area contributed by atoms with E-state index in [4.69, 9.17) is 4.74 Å². The van der Waals surface area contributed by atoms with E-state index in [1.807, 2.05) is 0 Å². The number of aliphatic hydroxyl groups is 1. The van der Waals surface area contributed by atoms with Gasteiger partial charge in [-0.25, -0.2) is 18.6 Å². The Morgan fingerprint density at radius 3 is 2.60 bits per heavy atom. The van der Waals surface area contributed by atoms with Crippen LogP contribution in [0.25, 0.3) is 0 Å². The predicted molar refractivity (Wildman–Crippen MR) is 103 cm³/mol. The fraction of sp³-hybridized carbons (Fsp3) is 0.350. The SMILES string of the molecule is CC1(C(=O)Nc2cc(F)c(Oc3ccnc(NC(=O)N4CC(O)C4)c3)cc2F)CC1. The molecular weight excluding hydrogens is 398 g/mol. The van der Waals surface area contributed by atoms with Crippen LogP contribution in [0, 0.1) is 17.0 Å². The lowest BCUT2D eigenvalue weighted by molar-refractivity contribution is -0.120. The second kappa shape index (κ2) is 7.52. The van der Waals surface area contributed by atoms with Crippen molar-refractivity contribution < 1.29 is 28.2 Å². The summed E-state index contributed by atoms with van der Waals surface area (Å²) in [5.41, 5.74) is -0.776. The van der Waals surface area contributed by atoms with Crippen molar-refractivity contribution in [1.29, 1.82) is 0 Å². The van der Waals surface area contributed by atoms with Crippen molar-refractivity contribution in [3.8, 4) is 11.5 Å². The molecule has 10 heteroatoms. The fourth-order valence-electron chi connectivity index (χ4n) is 2.87. The van der Waals surface area contributed by atoms with E-state index in [0.29, 0.717) is 12.8 Å². The second-order valence-electron chi connectivity index (χ2n) is 7.75. The third kappa shape index (κ3) is 4.18. The molecule has 3 N–H and O–H groups in total. The molecule has 0 bridgehead atoms. The molecule has 0 atom stereocenters. The number of anilines is 2. The number of β-amino-alcohol motifs (C(OH)–C–C–N with tert-alkyl or cyclic N) is 1. The summed E-state index contributed by atoms with van der Waals surface area (Å²) in [6.45, 7) is 2.22. The Morgan fingerprint density at radius 2 is 1.93 bits per heavy atom. The summed E-state index contributed by atoms with van der Waals surface area (Å²) in [5, 5.41) is 14.2. The molecule has 0 spiro atoms. The number of urea groups is 1. The molecule has 30 heavy (non-hydrogen) atoms. The molecule has 1 aliphatic heterocycles. The molecule has 2 fully saturated rings. The van der Waals surface area contributed by atoms with E-state index < -0.39 is 29.2 Å². The molecule has 2 heterocycles. The molecule has 1 saturated carbocycles. The van der Waals surface area contributed by atoms with Gasteiger partial charge in [-0.1, -0.05) is 6.92 Å².